The van der Waals surface area contributed by atoms with Gasteiger partial charge in [-0.2, -0.15) is 0 Å². The van der Waals surface area contributed by atoms with Gasteiger partial charge in [0.05, 0.1) is 0 Å². The second-order valence-electron chi connectivity index (χ2n) is 2.74. The summed E-state index contributed by atoms with van der Waals surface area (Å²) in [5.74, 6) is -0.0000463. The molecule has 68 valence electrons. The van der Waals surface area contributed by atoms with E-state index in [4.69, 9.17) is 5.73 Å². The fourth-order valence-electron chi connectivity index (χ4n) is 0.748. The lowest BCUT2D eigenvalue weighted by molar-refractivity contribution is -0.121. The Bertz CT molecular complexity index is 256. The number of nitrogens with two attached hydrogens (primary N) is 1. The number of carbonyl (C=O) groups is 1. The topological polar surface area (TPSA) is 43.1 Å². The molecule has 2 nitrogen and oxygen atoms in total. The van der Waals surface area contributed by atoms with Crippen molar-refractivity contribution in [1.82, 2.24) is 0 Å². The Morgan fingerprint density at radius 1 is 1.67 bits per heavy atom. The van der Waals surface area contributed by atoms with E-state index in [-0.39, 0.29) is 18.2 Å². The van der Waals surface area contributed by atoms with Crippen molar-refractivity contribution in [3.05, 3.63) is 22.4 Å². The van der Waals surface area contributed by atoms with Crippen molar-refractivity contribution < 1.29 is 4.79 Å². The summed E-state index contributed by atoms with van der Waals surface area (Å²) in [5, 5.41) is 1.92. The quantitative estimate of drug-likeness (QED) is 0.802. The van der Waals surface area contributed by atoms with Crippen molar-refractivity contribution in [2.45, 2.75) is 19.4 Å². The van der Waals surface area contributed by atoms with E-state index in [0.29, 0.717) is 0 Å². The number of carbonyl (C=O) groups excluding carboxylic acids is 1. The maximum Gasteiger partial charge on any atom is 0.154 e. The van der Waals surface area contributed by atoms with Crippen LogP contribution in [0.5, 0.6) is 0 Å². The SMILES string of the molecule is CC(=O)C(C)(N)c1cccs1.Cl. The molecule has 0 aliphatic heterocycles. The summed E-state index contributed by atoms with van der Waals surface area (Å²) in [6, 6.07) is 3.78. The minimum atomic E-state index is -0.797. The molecule has 0 aromatic carbocycles. The zero-order valence-corrected chi connectivity index (χ0v) is 8.67. The van der Waals surface area contributed by atoms with Crippen molar-refractivity contribution in [2.24, 2.45) is 5.73 Å². The third-order valence-corrected chi connectivity index (χ3v) is 2.87. The Hall–Kier alpha value is -0.380. The first-order chi connectivity index (χ1) is 5.05. The zero-order chi connectivity index (χ0) is 8.48. The summed E-state index contributed by atoms with van der Waals surface area (Å²) in [7, 11) is 0. The lowest BCUT2D eigenvalue weighted by Crippen LogP contribution is -2.39. The molecule has 0 aliphatic rings. The van der Waals surface area contributed by atoms with Gasteiger partial charge < -0.3 is 5.73 Å². The summed E-state index contributed by atoms with van der Waals surface area (Å²) >= 11 is 1.51. The van der Waals surface area contributed by atoms with Crippen LogP contribution in [0.2, 0.25) is 0 Å². The van der Waals surface area contributed by atoms with Gasteiger partial charge in [-0.15, -0.1) is 23.7 Å². The molecule has 1 aromatic rings. The maximum absolute atomic E-state index is 11.0. The van der Waals surface area contributed by atoms with Crippen LogP contribution >= 0.6 is 23.7 Å². The van der Waals surface area contributed by atoms with Gasteiger partial charge in [0.2, 0.25) is 0 Å². The molecule has 1 unspecified atom stereocenters. The maximum atomic E-state index is 11.0. The number of hydrogen-bond acceptors (Lipinski definition) is 3. The predicted octanol–water partition coefficient (Wildman–Crippen LogP) is 1.93. The van der Waals surface area contributed by atoms with Crippen molar-refractivity contribution in [3.63, 3.8) is 0 Å². The molecule has 0 saturated carbocycles. The van der Waals surface area contributed by atoms with Crippen LogP contribution in [0, 0.1) is 0 Å². The van der Waals surface area contributed by atoms with E-state index >= 15 is 0 Å². The number of thiophene rings is 1. The lowest BCUT2D eigenvalue weighted by Gasteiger charge is -2.18. The molecule has 1 heterocycles. The second-order valence-corrected chi connectivity index (χ2v) is 3.68. The smallest absolute Gasteiger partial charge is 0.154 e. The van der Waals surface area contributed by atoms with E-state index in [0.717, 1.165) is 4.88 Å². The first-order valence-electron chi connectivity index (χ1n) is 3.39. The number of hydrogen-bond donors (Lipinski definition) is 1. The second kappa shape index (κ2) is 4.03. The van der Waals surface area contributed by atoms with E-state index in [1.807, 2.05) is 17.5 Å². The number of Topliss-reactive ketones (excluding diaryl/α,β-unsaturated/α-hetero) is 1. The molecule has 0 spiro atoms. The molecule has 4 heteroatoms. The number of halogens is 1. The average Bonchev–Trinajstić information content (AvgIpc) is 2.37. The van der Waals surface area contributed by atoms with Crippen LogP contribution in [0.4, 0.5) is 0 Å². The van der Waals surface area contributed by atoms with E-state index in [2.05, 4.69) is 0 Å². The highest BCUT2D eigenvalue weighted by molar-refractivity contribution is 7.10. The van der Waals surface area contributed by atoms with Gasteiger partial charge in [0.25, 0.3) is 0 Å². The molecule has 1 aromatic heterocycles. The summed E-state index contributed by atoms with van der Waals surface area (Å²) in [4.78, 5) is 12.0. The molecule has 0 radical (unpaired) electrons. The molecular weight excluding hydrogens is 194 g/mol. The van der Waals surface area contributed by atoms with E-state index in [1.54, 1.807) is 6.92 Å². The van der Waals surface area contributed by atoms with Gasteiger partial charge in [-0.3, -0.25) is 4.79 Å². The van der Waals surface area contributed by atoms with Gasteiger partial charge in [-0.1, -0.05) is 6.07 Å². The molecular formula is C8H12ClNOS. The fraction of sp³-hybridized carbons (Fsp3) is 0.375. The molecule has 0 amide bonds. The normalized spacial score (nSPS) is 14.6. The van der Waals surface area contributed by atoms with Crippen LogP contribution in [0.3, 0.4) is 0 Å². The van der Waals surface area contributed by atoms with Crippen LogP contribution in [-0.4, -0.2) is 5.78 Å². The average molecular weight is 206 g/mol. The minimum Gasteiger partial charge on any atom is -0.315 e. The molecule has 0 fully saturated rings. The summed E-state index contributed by atoms with van der Waals surface area (Å²) in [5.41, 5.74) is 4.99. The van der Waals surface area contributed by atoms with Crippen LogP contribution < -0.4 is 5.73 Å². The van der Waals surface area contributed by atoms with Crippen molar-refractivity contribution in [2.75, 3.05) is 0 Å². The highest BCUT2D eigenvalue weighted by atomic mass is 35.5. The Morgan fingerprint density at radius 2 is 2.25 bits per heavy atom. The predicted molar refractivity (Wildman–Crippen MR) is 53.8 cm³/mol. The van der Waals surface area contributed by atoms with Gasteiger partial charge in [-0.25, -0.2) is 0 Å². The van der Waals surface area contributed by atoms with Crippen LogP contribution in [-0.2, 0) is 10.3 Å². The summed E-state index contributed by atoms with van der Waals surface area (Å²) in [6.45, 7) is 3.25. The standard InChI is InChI=1S/C8H11NOS.ClH/c1-6(10)8(2,9)7-4-3-5-11-7;/h3-5H,9H2,1-2H3;1H. The van der Waals surface area contributed by atoms with Crippen molar-refractivity contribution in [3.8, 4) is 0 Å². The fourth-order valence-corrected chi connectivity index (χ4v) is 1.60. The van der Waals surface area contributed by atoms with Crippen molar-refractivity contribution in [1.29, 1.82) is 0 Å². The van der Waals surface area contributed by atoms with Gasteiger partial charge in [0, 0.05) is 4.88 Å². The highest BCUT2D eigenvalue weighted by Gasteiger charge is 2.27. The van der Waals surface area contributed by atoms with Gasteiger partial charge in [0.1, 0.15) is 5.54 Å². The molecule has 0 saturated heterocycles. The monoisotopic (exact) mass is 205 g/mol. The van der Waals surface area contributed by atoms with E-state index in [9.17, 15) is 4.79 Å². The van der Waals surface area contributed by atoms with Crippen LogP contribution in [0.25, 0.3) is 0 Å². The molecule has 1 rings (SSSR count). The van der Waals surface area contributed by atoms with Gasteiger partial charge in [0.15, 0.2) is 5.78 Å². The highest BCUT2D eigenvalue weighted by Crippen LogP contribution is 2.23. The first-order valence-corrected chi connectivity index (χ1v) is 4.27. The lowest BCUT2D eigenvalue weighted by atomic mass is 9.97. The van der Waals surface area contributed by atoms with Crippen LogP contribution in [0.1, 0.15) is 18.7 Å². The van der Waals surface area contributed by atoms with Crippen LogP contribution in [0.15, 0.2) is 17.5 Å². The Labute approximate surface area is 82.2 Å². The number of ketones is 1. The molecule has 2 N–H and O–H groups in total. The van der Waals surface area contributed by atoms with Gasteiger partial charge >= 0.3 is 0 Å². The Kier molecular flexibility index (Phi) is 3.90. The van der Waals surface area contributed by atoms with Gasteiger partial charge in [-0.05, 0) is 25.3 Å². The zero-order valence-electron chi connectivity index (χ0n) is 7.03. The Balaban J connectivity index is 0.00000121. The molecule has 0 bridgehead atoms. The van der Waals surface area contributed by atoms with E-state index < -0.39 is 5.54 Å². The summed E-state index contributed by atoms with van der Waals surface area (Å²) < 4.78 is 0. The molecule has 0 aliphatic carbocycles. The van der Waals surface area contributed by atoms with E-state index in [1.165, 1.54) is 18.3 Å². The minimum absolute atomic E-state index is 0. The third kappa shape index (κ3) is 2.06. The summed E-state index contributed by atoms with van der Waals surface area (Å²) in [6.07, 6.45) is 0. The Morgan fingerprint density at radius 3 is 2.58 bits per heavy atom. The largest absolute Gasteiger partial charge is 0.315 e. The number of rotatable bonds is 2. The third-order valence-electron chi connectivity index (χ3n) is 1.76. The molecule has 12 heavy (non-hydrogen) atoms. The first kappa shape index (κ1) is 11.6. The molecule has 1 atom stereocenters. The van der Waals surface area contributed by atoms with Crippen molar-refractivity contribution >= 4 is 29.5 Å².